The average molecular weight is 419 g/mol. The Morgan fingerprint density at radius 3 is 2.50 bits per heavy atom. The number of rotatable bonds is 7. The van der Waals surface area contributed by atoms with E-state index in [1.165, 1.54) is 0 Å². The van der Waals surface area contributed by atoms with Crippen LogP contribution in [-0.2, 0) is 16.0 Å². The molecule has 0 aliphatic carbocycles. The number of aliphatic hydroxyl groups is 4. The summed E-state index contributed by atoms with van der Waals surface area (Å²) >= 11 is 0. The van der Waals surface area contributed by atoms with Crippen molar-refractivity contribution in [3.8, 4) is 22.6 Å². The fourth-order valence-corrected chi connectivity index (χ4v) is 3.08. The molecule has 1 aliphatic heterocycles. The van der Waals surface area contributed by atoms with Crippen molar-refractivity contribution in [1.82, 2.24) is 35.6 Å². The van der Waals surface area contributed by atoms with Gasteiger partial charge in [0.25, 0.3) is 0 Å². The number of nitrogens with one attached hydrogen (secondary N) is 1. The summed E-state index contributed by atoms with van der Waals surface area (Å²) in [5, 5.41) is 60.7. The summed E-state index contributed by atoms with van der Waals surface area (Å²) in [7, 11) is 0. The number of hydrogen-bond acceptors (Lipinski definition) is 11. The second kappa shape index (κ2) is 8.91. The van der Waals surface area contributed by atoms with Gasteiger partial charge in [-0.05, 0) is 5.21 Å². The van der Waals surface area contributed by atoms with Gasteiger partial charge in [-0.1, -0.05) is 29.5 Å². The van der Waals surface area contributed by atoms with E-state index in [-0.39, 0.29) is 6.61 Å². The number of aliphatic hydroxyl groups excluding tert-OH is 4. The molecule has 1 aromatic carbocycles. The Morgan fingerprint density at radius 2 is 1.80 bits per heavy atom. The smallest absolute Gasteiger partial charge is 0.204 e. The topological polar surface area (TPSA) is 185 Å². The molecule has 1 saturated heterocycles. The van der Waals surface area contributed by atoms with E-state index in [4.69, 9.17) is 9.47 Å². The minimum absolute atomic E-state index is 0.0995. The lowest BCUT2D eigenvalue weighted by atomic mass is 9.99. The first-order chi connectivity index (χ1) is 14.6. The van der Waals surface area contributed by atoms with Crippen molar-refractivity contribution in [3.05, 3.63) is 30.5 Å². The van der Waals surface area contributed by atoms with Crippen LogP contribution in [0.15, 0.2) is 30.5 Å². The fraction of sp³-hybridized carbons (Fsp3) is 0.471. The molecule has 4 rings (SSSR count). The summed E-state index contributed by atoms with van der Waals surface area (Å²) in [6, 6.07) is 7.43. The van der Waals surface area contributed by atoms with Crippen molar-refractivity contribution in [2.24, 2.45) is 0 Å². The number of nitrogens with zero attached hydrogens (tertiary/aromatic N) is 6. The Hall–Kier alpha value is -2.81. The number of ether oxygens (including phenoxy) is 2. The first-order valence-corrected chi connectivity index (χ1v) is 9.23. The van der Waals surface area contributed by atoms with Crippen LogP contribution in [0, 0.1) is 0 Å². The minimum atomic E-state index is -1.48. The molecular formula is C17H21N7O6. The van der Waals surface area contributed by atoms with Gasteiger partial charge in [-0.2, -0.15) is 5.21 Å². The van der Waals surface area contributed by atoms with Crippen LogP contribution in [0.25, 0.3) is 22.6 Å². The summed E-state index contributed by atoms with van der Waals surface area (Å²) in [6.07, 6.45) is -4.79. The molecule has 5 unspecified atom stereocenters. The predicted octanol–water partition coefficient (Wildman–Crippen LogP) is -2.06. The third-order valence-electron chi connectivity index (χ3n) is 4.77. The number of hydrogen-bond donors (Lipinski definition) is 5. The molecule has 1 fully saturated rings. The Bertz CT molecular complexity index is 932. The van der Waals surface area contributed by atoms with Crippen LogP contribution in [0.4, 0.5) is 0 Å². The normalized spacial score (nSPS) is 26.7. The molecule has 1 aliphatic rings. The molecular weight excluding hydrogens is 398 g/mol. The molecule has 0 saturated carbocycles. The zero-order valence-corrected chi connectivity index (χ0v) is 15.7. The lowest BCUT2D eigenvalue weighted by Gasteiger charge is -2.39. The van der Waals surface area contributed by atoms with Crippen LogP contribution in [0.5, 0.6) is 0 Å². The van der Waals surface area contributed by atoms with Gasteiger partial charge in [0.05, 0.1) is 26.0 Å². The molecule has 0 spiro atoms. The summed E-state index contributed by atoms with van der Waals surface area (Å²) in [4.78, 5) is 0. The summed E-state index contributed by atoms with van der Waals surface area (Å²) in [6.45, 7) is -0.103. The summed E-state index contributed by atoms with van der Waals surface area (Å²) < 4.78 is 12.3. The Balaban J connectivity index is 1.33. The van der Waals surface area contributed by atoms with Crippen LogP contribution in [0.1, 0.15) is 0 Å². The van der Waals surface area contributed by atoms with Crippen molar-refractivity contribution in [2.75, 3.05) is 13.2 Å². The number of aromatic amines is 1. The molecule has 2 aromatic heterocycles. The molecule has 30 heavy (non-hydrogen) atoms. The maximum absolute atomic E-state index is 9.97. The van der Waals surface area contributed by atoms with Crippen LogP contribution in [-0.4, -0.2) is 100.0 Å². The second-order valence-electron chi connectivity index (χ2n) is 6.75. The highest BCUT2D eigenvalue weighted by molar-refractivity contribution is 5.64. The van der Waals surface area contributed by atoms with Crippen molar-refractivity contribution in [2.45, 2.75) is 37.3 Å². The van der Waals surface area contributed by atoms with Crippen molar-refractivity contribution < 1.29 is 29.9 Å². The molecule has 3 heterocycles. The predicted molar refractivity (Wildman–Crippen MR) is 98.3 cm³/mol. The zero-order chi connectivity index (χ0) is 21.1. The minimum Gasteiger partial charge on any atom is -0.394 e. The largest absolute Gasteiger partial charge is 0.394 e. The zero-order valence-electron chi connectivity index (χ0n) is 15.7. The van der Waals surface area contributed by atoms with Crippen LogP contribution < -0.4 is 0 Å². The molecule has 13 heteroatoms. The van der Waals surface area contributed by atoms with Gasteiger partial charge in [-0.15, -0.1) is 15.3 Å². The van der Waals surface area contributed by atoms with E-state index in [1.54, 1.807) is 10.9 Å². The van der Waals surface area contributed by atoms with E-state index in [0.717, 1.165) is 11.1 Å². The van der Waals surface area contributed by atoms with E-state index in [0.29, 0.717) is 18.1 Å². The SMILES string of the molecule is OCC1OC(OCCn2cc(-c3ccc(-c4nn[nH]n4)cc3)nn2)C(O)C(O)C1O. The van der Waals surface area contributed by atoms with Crippen LogP contribution in [0.3, 0.4) is 0 Å². The maximum atomic E-state index is 9.97. The molecule has 160 valence electrons. The molecule has 0 radical (unpaired) electrons. The van der Waals surface area contributed by atoms with E-state index in [9.17, 15) is 20.4 Å². The highest BCUT2D eigenvalue weighted by Crippen LogP contribution is 2.23. The molecule has 3 aromatic rings. The lowest BCUT2D eigenvalue weighted by Crippen LogP contribution is -2.59. The Morgan fingerprint density at radius 1 is 1.03 bits per heavy atom. The Kier molecular flexibility index (Phi) is 6.08. The number of aromatic nitrogens is 7. The fourth-order valence-electron chi connectivity index (χ4n) is 3.08. The molecule has 5 atom stereocenters. The lowest BCUT2D eigenvalue weighted by molar-refractivity contribution is -0.301. The van der Waals surface area contributed by atoms with E-state index in [1.807, 2.05) is 24.3 Å². The highest BCUT2D eigenvalue weighted by atomic mass is 16.7. The molecule has 5 N–H and O–H groups in total. The van der Waals surface area contributed by atoms with Gasteiger partial charge in [0.15, 0.2) is 6.29 Å². The van der Waals surface area contributed by atoms with Gasteiger partial charge in [0.2, 0.25) is 5.82 Å². The van der Waals surface area contributed by atoms with E-state index < -0.39 is 37.3 Å². The molecule has 0 amide bonds. The average Bonchev–Trinajstić information content (AvgIpc) is 3.46. The van der Waals surface area contributed by atoms with Gasteiger partial charge in [0, 0.05) is 11.1 Å². The summed E-state index contributed by atoms with van der Waals surface area (Å²) in [5.41, 5.74) is 2.32. The van der Waals surface area contributed by atoms with Gasteiger partial charge in [-0.3, -0.25) is 0 Å². The van der Waals surface area contributed by atoms with Crippen molar-refractivity contribution >= 4 is 0 Å². The first-order valence-electron chi connectivity index (χ1n) is 9.23. The van der Waals surface area contributed by atoms with Gasteiger partial charge < -0.3 is 29.9 Å². The second-order valence-corrected chi connectivity index (χ2v) is 6.75. The summed E-state index contributed by atoms with van der Waals surface area (Å²) in [5.74, 6) is 0.496. The van der Waals surface area contributed by atoms with E-state index >= 15 is 0 Å². The van der Waals surface area contributed by atoms with Crippen LogP contribution in [0.2, 0.25) is 0 Å². The first kappa shape index (κ1) is 20.5. The highest BCUT2D eigenvalue weighted by Gasteiger charge is 2.43. The molecule has 0 bridgehead atoms. The standard InChI is InChI=1S/C17H21N7O6/c25-8-12-13(26)14(27)15(28)17(30-12)29-6-5-24-7-11(18-23-24)9-1-3-10(4-2-9)16-19-21-22-20-16/h1-4,7,12-15,17,25-28H,5-6,8H2,(H,19,20,21,22). The van der Waals surface area contributed by atoms with Crippen LogP contribution >= 0.6 is 0 Å². The maximum Gasteiger partial charge on any atom is 0.204 e. The number of H-pyrrole nitrogens is 1. The van der Waals surface area contributed by atoms with Gasteiger partial charge >= 0.3 is 0 Å². The third-order valence-corrected chi connectivity index (χ3v) is 4.77. The van der Waals surface area contributed by atoms with Gasteiger partial charge in [0.1, 0.15) is 30.1 Å². The quantitative estimate of drug-likeness (QED) is 0.284. The monoisotopic (exact) mass is 419 g/mol. The van der Waals surface area contributed by atoms with Gasteiger partial charge in [-0.25, -0.2) is 4.68 Å². The number of benzene rings is 1. The number of tetrazole rings is 1. The van der Waals surface area contributed by atoms with E-state index in [2.05, 4.69) is 30.9 Å². The van der Waals surface area contributed by atoms with Crippen molar-refractivity contribution in [1.29, 1.82) is 0 Å². The molecule has 13 nitrogen and oxygen atoms in total. The van der Waals surface area contributed by atoms with Crippen molar-refractivity contribution in [3.63, 3.8) is 0 Å². The third kappa shape index (κ3) is 4.21. The Labute approximate surface area is 169 Å².